The van der Waals surface area contributed by atoms with Gasteiger partial charge in [0.1, 0.15) is 0 Å². The van der Waals surface area contributed by atoms with E-state index in [0.717, 1.165) is 30.7 Å². The molecule has 0 spiro atoms. The number of rotatable bonds is 9. The Bertz CT molecular complexity index is 1160. The fourth-order valence-corrected chi connectivity index (χ4v) is 6.58. The van der Waals surface area contributed by atoms with Crippen LogP contribution in [0.4, 0.5) is 0 Å². The lowest BCUT2D eigenvalue weighted by Crippen LogP contribution is -2.32. The molecule has 1 aromatic heterocycles. The first-order valence-corrected chi connectivity index (χ1v) is 13.8. The van der Waals surface area contributed by atoms with Crippen molar-refractivity contribution < 1.29 is 12.9 Å². The molecule has 0 amide bonds. The summed E-state index contributed by atoms with van der Waals surface area (Å²) in [6.07, 6.45) is 3.33. The average Bonchev–Trinajstić information content (AvgIpc) is 3.23. The Morgan fingerprint density at radius 1 is 1.29 bits per heavy atom. The van der Waals surface area contributed by atoms with Crippen molar-refractivity contribution >= 4 is 54.2 Å². The van der Waals surface area contributed by atoms with Gasteiger partial charge >= 0.3 is 0 Å². The van der Waals surface area contributed by atoms with Gasteiger partial charge in [-0.3, -0.25) is 4.72 Å². The molecule has 2 heterocycles. The molecule has 2 N–H and O–H groups in total. The van der Waals surface area contributed by atoms with E-state index in [2.05, 4.69) is 38.0 Å². The van der Waals surface area contributed by atoms with Crippen LogP contribution in [-0.2, 0) is 23.0 Å². The van der Waals surface area contributed by atoms with Gasteiger partial charge in [-0.05, 0) is 59.6 Å². The maximum absolute atomic E-state index is 12.6. The van der Waals surface area contributed by atoms with Gasteiger partial charge in [0, 0.05) is 42.2 Å². The van der Waals surface area contributed by atoms with Crippen molar-refractivity contribution in [2.24, 2.45) is 0 Å². The van der Waals surface area contributed by atoms with Gasteiger partial charge in [-0.25, -0.2) is 17.4 Å². The fourth-order valence-electron chi connectivity index (χ4n) is 3.32. The highest BCUT2D eigenvalue weighted by Gasteiger charge is 2.18. The summed E-state index contributed by atoms with van der Waals surface area (Å²) in [5.74, 6) is 0. The van der Waals surface area contributed by atoms with Crippen LogP contribution in [-0.4, -0.2) is 46.7 Å². The number of hydrogen-bond donors (Lipinski definition) is 2. The second-order valence-electron chi connectivity index (χ2n) is 7.42. The maximum atomic E-state index is 12.6. The Morgan fingerprint density at radius 3 is 3.03 bits per heavy atom. The smallest absolute Gasteiger partial charge is 0.240 e. The van der Waals surface area contributed by atoms with Crippen LogP contribution in [0.5, 0.6) is 0 Å². The Morgan fingerprint density at radius 2 is 2.16 bits per heavy atom. The summed E-state index contributed by atoms with van der Waals surface area (Å²) >= 11 is 7.71. The van der Waals surface area contributed by atoms with Crippen molar-refractivity contribution in [2.45, 2.75) is 30.3 Å². The van der Waals surface area contributed by atoms with Crippen molar-refractivity contribution in [3.8, 4) is 0 Å². The second-order valence-corrected chi connectivity index (χ2v) is 12.4. The van der Waals surface area contributed by atoms with Gasteiger partial charge in [0.2, 0.25) is 10.0 Å². The van der Waals surface area contributed by atoms with Crippen LogP contribution in [0, 0.1) is 0 Å². The quantitative estimate of drug-likeness (QED) is 0.267. The molecule has 0 saturated heterocycles. The molecule has 1 aliphatic rings. The number of nitrogens with one attached hydrogen (secondary N) is 2. The normalized spacial score (nSPS) is 15.8. The molecule has 3 aromatic rings. The third-order valence-corrected chi connectivity index (χ3v) is 9.11. The Kier molecular flexibility index (Phi) is 7.37. The minimum absolute atomic E-state index is 0.221. The van der Waals surface area contributed by atoms with Gasteiger partial charge in [-0.1, -0.05) is 29.7 Å². The molecule has 7 nitrogen and oxygen atoms in total. The number of nitrogens with zero attached hydrogens (tertiary/aromatic N) is 2. The van der Waals surface area contributed by atoms with Crippen molar-refractivity contribution in [1.82, 2.24) is 18.9 Å². The molecule has 0 aliphatic carbocycles. The monoisotopic (exact) mass is 494 g/mol. The van der Waals surface area contributed by atoms with E-state index in [9.17, 15) is 8.42 Å². The highest BCUT2D eigenvalue weighted by molar-refractivity contribution is 7.95. The van der Waals surface area contributed by atoms with E-state index in [4.69, 9.17) is 16.1 Å². The van der Waals surface area contributed by atoms with Crippen molar-refractivity contribution in [3.63, 3.8) is 0 Å². The van der Waals surface area contributed by atoms with E-state index in [1.807, 2.05) is 6.07 Å². The summed E-state index contributed by atoms with van der Waals surface area (Å²) in [7, 11) is -2.97. The average molecular weight is 495 g/mol. The molecular formula is C20H23ClN4O3S2Si. The molecule has 11 heteroatoms. The summed E-state index contributed by atoms with van der Waals surface area (Å²) in [6, 6.07) is 10.8. The van der Waals surface area contributed by atoms with E-state index >= 15 is 0 Å². The molecule has 0 fully saturated rings. The Labute approximate surface area is 194 Å². The molecule has 1 atom stereocenters. The van der Waals surface area contributed by atoms with E-state index in [0.29, 0.717) is 27.0 Å². The summed E-state index contributed by atoms with van der Waals surface area (Å²) in [5, 5.41) is 5.15. The first-order valence-electron chi connectivity index (χ1n) is 9.90. The van der Waals surface area contributed by atoms with Crippen LogP contribution in [0.1, 0.15) is 18.1 Å². The molecular weight excluding hydrogens is 472 g/mol. The molecule has 2 aromatic carbocycles. The predicted molar refractivity (Wildman–Crippen MR) is 126 cm³/mol. The first kappa shape index (κ1) is 22.8. The highest BCUT2D eigenvalue weighted by Crippen LogP contribution is 2.25. The van der Waals surface area contributed by atoms with Crippen LogP contribution < -0.4 is 9.44 Å². The molecule has 0 unspecified atom stereocenters. The third-order valence-electron chi connectivity index (χ3n) is 5.08. The van der Waals surface area contributed by atoms with Crippen molar-refractivity contribution in [3.05, 3.63) is 58.7 Å². The molecule has 2 radical (unpaired) electrons. The number of benzene rings is 2. The molecule has 0 saturated carbocycles. The van der Waals surface area contributed by atoms with E-state index in [1.165, 1.54) is 23.4 Å². The van der Waals surface area contributed by atoms with Crippen LogP contribution >= 0.6 is 23.7 Å². The van der Waals surface area contributed by atoms with Gasteiger partial charge in [0.15, 0.2) is 5.58 Å². The second kappa shape index (κ2) is 10.0. The van der Waals surface area contributed by atoms with Crippen LogP contribution in [0.3, 0.4) is 0 Å². The number of sulfonamides is 1. The largest absolute Gasteiger partial charge is 0.356 e. The summed E-state index contributed by atoms with van der Waals surface area (Å²) in [4.78, 5) is 0.221. The van der Waals surface area contributed by atoms with Gasteiger partial charge in [0.05, 0.1) is 20.6 Å². The molecule has 0 bridgehead atoms. The molecule has 31 heavy (non-hydrogen) atoms. The SMILES string of the molecule is C[C@@H](CNS(=O)(=O)c1ccc2oncc2c1)[Si]CNSN1CCc2cc(Cl)ccc2C1. The van der Waals surface area contributed by atoms with Crippen molar-refractivity contribution in [2.75, 3.05) is 19.3 Å². The third kappa shape index (κ3) is 5.89. The predicted octanol–water partition coefficient (Wildman–Crippen LogP) is 3.44. The lowest BCUT2D eigenvalue weighted by atomic mass is 10.0. The van der Waals surface area contributed by atoms with E-state index in [-0.39, 0.29) is 10.4 Å². The van der Waals surface area contributed by atoms with Crippen LogP contribution in [0.25, 0.3) is 11.0 Å². The molecule has 1 aliphatic heterocycles. The minimum Gasteiger partial charge on any atom is -0.356 e. The number of aromatic nitrogens is 1. The van der Waals surface area contributed by atoms with Crippen molar-refractivity contribution in [1.29, 1.82) is 0 Å². The van der Waals surface area contributed by atoms with Gasteiger partial charge in [0.25, 0.3) is 0 Å². The van der Waals surface area contributed by atoms with E-state index < -0.39 is 10.0 Å². The zero-order chi connectivity index (χ0) is 21.8. The number of fused-ring (bicyclic) bond motifs is 2. The maximum Gasteiger partial charge on any atom is 0.240 e. The Hall–Kier alpha value is -1.40. The lowest BCUT2D eigenvalue weighted by Gasteiger charge is -2.27. The summed E-state index contributed by atoms with van der Waals surface area (Å²) in [5.41, 5.74) is 3.44. The highest BCUT2D eigenvalue weighted by atomic mass is 35.5. The van der Waals surface area contributed by atoms with Gasteiger partial charge in [-0.15, -0.1) is 0 Å². The zero-order valence-electron chi connectivity index (χ0n) is 17.0. The zero-order valence-corrected chi connectivity index (χ0v) is 20.4. The molecule has 4 rings (SSSR count). The lowest BCUT2D eigenvalue weighted by molar-refractivity contribution is 0.442. The fraction of sp³-hybridized carbons (Fsp3) is 0.350. The Balaban J connectivity index is 1.18. The molecule has 164 valence electrons. The number of hydrogen-bond acceptors (Lipinski definition) is 7. The van der Waals surface area contributed by atoms with Crippen LogP contribution in [0.15, 0.2) is 52.0 Å². The minimum atomic E-state index is -3.56. The van der Waals surface area contributed by atoms with Gasteiger partial charge < -0.3 is 4.52 Å². The first-order chi connectivity index (χ1) is 14.9. The standard InChI is InChI=1S/C20H23ClN4O3S2Si/c1-14(10-24-30(26,27)19-4-5-20-17(9-19)11-22-28-20)31-13-23-29-25-7-6-15-8-18(21)3-2-16(15)12-25/h2-5,8-9,11,14,23-24H,6-7,10,12-13H2,1H3/t14-/m0/s1. The van der Waals surface area contributed by atoms with E-state index in [1.54, 1.807) is 24.3 Å². The summed E-state index contributed by atoms with van der Waals surface area (Å²) in [6.45, 7) is 4.31. The van der Waals surface area contributed by atoms with Gasteiger partial charge in [-0.2, -0.15) is 0 Å². The number of halogens is 1. The topological polar surface area (TPSA) is 87.5 Å². The summed E-state index contributed by atoms with van der Waals surface area (Å²) < 4.78 is 38.6. The van der Waals surface area contributed by atoms with Crippen LogP contribution in [0.2, 0.25) is 10.6 Å².